The Morgan fingerprint density at radius 1 is 0.411 bits per heavy atom. The normalized spacial score (nSPS) is 16.4. The Morgan fingerprint density at radius 3 is 0.964 bits per heavy atom. The molecule has 2 unspecified atom stereocenters. The quantitative estimate of drug-likeness (QED) is 0.121. The number of benzene rings is 6. The molecule has 2 aliphatic rings. The van der Waals surface area contributed by atoms with Gasteiger partial charge in [0.2, 0.25) is 0 Å². The molecule has 0 nitrogen and oxygen atoms in total. The van der Waals surface area contributed by atoms with E-state index in [4.69, 9.17) is 0 Å². The average molecular weight is 826 g/mol. The van der Waals surface area contributed by atoms with E-state index in [0.717, 1.165) is 25.7 Å². The average Bonchev–Trinajstić information content (AvgIpc) is 3.77. The molecule has 0 N–H and O–H groups in total. The van der Waals surface area contributed by atoms with E-state index < -0.39 is 17.4 Å². The van der Waals surface area contributed by atoms with E-state index in [-0.39, 0.29) is 0 Å². The molecule has 6 aromatic carbocycles. The van der Waals surface area contributed by atoms with Crippen molar-refractivity contribution < 1.29 is 17.4 Å². The topological polar surface area (TPSA) is 0 Å². The molecule has 0 bridgehead atoms. The Morgan fingerprint density at radius 2 is 0.679 bits per heavy atom. The molecular weight excluding hydrogens is 768 g/mol. The summed E-state index contributed by atoms with van der Waals surface area (Å²) in [5.74, 6) is 0. The molecule has 6 aromatic rings. The van der Waals surface area contributed by atoms with Crippen molar-refractivity contribution in [3.8, 4) is 44.5 Å². The molecule has 2 aliphatic carbocycles. The second-order valence-corrected chi connectivity index (χ2v) is 48.7. The summed E-state index contributed by atoms with van der Waals surface area (Å²) in [6.07, 6.45) is 9.90. The molecule has 0 aliphatic heterocycles. The van der Waals surface area contributed by atoms with Crippen molar-refractivity contribution in [3.05, 3.63) is 177 Å². The van der Waals surface area contributed by atoms with E-state index >= 15 is 0 Å². The Bertz CT molecular complexity index is 2400. The molecule has 0 amide bonds. The first-order valence-electron chi connectivity index (χ1n) is 21.0. The third-order valence-corrected chi connectivity index (χ3v) is 30.4. The van der Waals surface area contributed by atoms with E-state index in [9.17, 15) is 0 Å². The molecule has 8 rings (SSSR count). The molecular formula is C54H58SiZr. The van der Waals surface area contributed by atoms with Gasteiger partial charge in [0.05, 0.1) is 0 Å². The van der Waals surface area contributed by atoms with Gasteiger partial charge in [0, 0.05) is 0 Å². The fraction of sp³-hybridized carbons (Fsp3) is 0.259. The zero-order valence-electron chi connectivity index (χ0n) is 34.9. The molecule has 282 valence electrons. The number of hydrogen-bond acceptors (Lipinski definition) is 0. The molecule has 2 heteroatoms. The molecule has 0 spiro atoms. The predicted molar refractivity (Wildman–Crippen MR) is 245 cm³/mol. The molecule has 0 saturated carbocycles. The van der Waals surface area contributed by atoms with Gasteiger partial charge in [-0.05, 0) is 0 Å². The summed E-state index contributed by atoms with van der Waals surface area (Å²) < 4.78 is 6.52. The summed E-state index contributed by atoms with van der Waals surface area (Å²) in [4.78, 5) is 0. The zero-order valence-corrected chi connectivity index (χ0v) is 38.8. The first-order chi connectivity index (χ1) is 26.9. The summed E-state index contributed by atoms with van der Waals surface area (Å²) >= 11 is -4.10. The number of rotatable bonds is 10. The molecule has 56 heavy (non-hydrogen) atoms. The molecule has 2 atom stereocenters. The number of fused-ring (bicyclic) bond motifs is 2. The Kier molecular flexibility index (Phi) is 10.4. The van der Waals surface area contributed by atoms with Crippen LogP contribution in [0.1, 0.15) is 91.3 Å². The van der Waals surface area contributed by atoms with E-state index in [1.165, 1.54) is 77.9 Å². The predicted octanol–water partition coefficient (Wildman–Crippen LogP) is 15.1. The summed E-state index contributed by atoms with van der Waals surface area (Å²) in [5, 5.41) is 0. The first kappa shape index (κ1) is 38.8. The standard InChI is InChI=1S/2C26H25.2CH3.H2Si.Zr/c2*1-4-5-20-16-25-23(21-10-6-18(2)7-11-21)14-15-24(26(25)17-20)22-12-8-19(3)9-13-22;;;;/h2*6-17H,4-5H2,1-3H3;2*1H3;1H2;. The monoisotopic (exact) mass is 824 g/mol. The van der Waals surface area contributed by atoms with E-state index in [2.05, 4.69) is 191 Å². The summed E-state index contributed by atoms with van der Waals surface area (Å²) in [6, 6.07) is 46.9. The first-order valence-corrected chi connectivity index (χ1v) is 34.6. The van der Waals surface area contributed by atoms with Crippen LogP contribution in [0.5, 0.6) is 0 Å². The van der Waals surface area contributed by atoms with Gasteiger partial charge >= 0.3 is 342 Å². The fourth-order valence-electron chi connectivity index (χ4n) is 10.4. The van der Waals surface area contributed by atoms with Crippen molar-refractivity contribution in [3.63, 3.8) is 0 Å². The molecule has 0 aromatic heterocycles. The number of allylic oxidation sites excluding steroid dienone is 2. The SMILES string of the molecule is CCCC1=Cc2c(-c3ccc(C)cc3)ccc(-c3ccc(C)cc3)c2[CH]1[Zr]([CH3])([CH3])(=[SiH2])[CH]1C(CCC)=Cc2c(-c3ccc(C)cc3)ccc(-c3ccc(C)cc3)c21. The second-order valence-electron chi connectivity index (χ2n) is 18.2. The van der Waals surface area contributed by atoms with Crippen LogP contribution in [-0.2, 0) is 17.4 Å². The van der Waals surface area contributed by atoms with Crippen molar-refractivity contribution in [2.75, 3.05) is 0 Å². The Hall–Kier alpha value is -4.10. The second kappa shape index (κ2) is 15.0. The van der Waals surface area contributed by atoms with Gasteiger partial charge in [-0.2, -0.15) is 0 Å². The Balaban J connectivity index is 1.43. The van der Waals surface area contributed by atoms with Gasteiger partial charge in [-0.15, -0.1) is 0 Å². The van der Waals surface area contributed by atoms with Gasteiger partial charge in [0.15, 0.2) is 0 Å². The van der Waals surface area contributed by atoms with E-state index in [0.29, 0.717) is 7.25 Å². The summed E-state index contributed by atoms with van der Waals surface area (Å²) in [6.45, 7) is 16.1. The maximum absolute atomic E-state index is 4.10. The van der Waals surface area contributed by atoms with Gasteiger partial charge in [-0.1, -0.05) is 0 Å². The molecule has 0 fully saturated rings. The van der Waals surface area contributed by atoms with Gasteiger partial charge in [-0.3, -0.25) is 0 Å². The molecule has 0 radical (unpaired) electrons. The van der Waals surface area contributed by atoms with E-state index in [1.807, 2.05) is 0 Å². The fourth-order valence-corrected chi connectivity index (χ4v) is 30.0. The summed E-state index contributed by atoms with van der Waals surface area (Å²) in [7, 11) is 0. The van der Waals surface area contributed by atoms with Crippen molar-refractivity contribution in [2.45, 2.75) is 83.7 Å². The summed E-state index contributed by atoms with van der Waals surface area (Å²) in [5.41, 5.74) is 25.6. The van der Waals surface area contributed by atoms with Crippen molar-refractivity contribution in [1.82, 2.24) is 0 Å². The van der Waals surface area contributed by atoms with Crippen LogP contribution >= 0.6 is 0 Å². The third kappa shape index (κ3) is 6.86. The van der Waals surface area contributed by atoms with Crippen LogP contribution in [0.15, 0.2) is 132 Å². The Labute approximate surface area is 339 Å². The van der Waals surface area contributed by atoms with Crippen molar-refractivity contribution in [2.24, 2.45) is 0 Å². The van der Waals surface area contributed by atoms with Crippen LogP contribution in [0.2, 0.25) is 9.26 Å². The van der Waals surface area contributed by atoms with Crippen LogP contribution < -0.4 is 0 Å². The van der Waals surface area contributed by atoms with Gasteiger partial charge < -0.3 is 0 Å². The van der Waals surface area contributed by atoms with Crippen LogP contribution in [-0.4, -0.2) is 6.88 Å². The van der Waals surface area contributed by atoms with Gasteiger partial charge in [-0.25, -0.2) is 0 Å². The van der Waals surface area contributed by atoms with Gasteiger partial charge in [0.1, 0.15) is 0 Å². The number of aryl methyl sites for hydroxylation is 4. The van der Waals surface area contributed by atoms with Crippen LogP contribution in [0.25, 0.3) is 56.7 Å². The van der Waals surface area contributed by atoms with Crippen molar-refractivity contribution >= 4 is 19.0 Å². The van der Waals surface area contributed by atoms with Crippen LogP contribution in [0.4, 0.5) is 0 Å². The van der Waals surface area contributed by atoms with Gasteiger partial charge in [0.25, 0.3) is 0 Å². The molecule has 0 saturated heterocycles. The van der Waals surface area contributed by atoms with Crippen LogP contribution in [0, 0.1) is 27.7 Å². The maximum atomic E-state index is 2.85. The minimum atomic E-state index is -4.10. The van der Waals surface area contributed by atoms with Crippen molar-refractivity contribution in [1.29, 1.82) is 0 Å². The zero-order chi connectivity index (χ0) is 39.4. The van der Waals surface area contributed by atoms with Crippen LogP contribution in [0.3, 0.4) is 0 Å². The third-order valence-electron chi connectivity index (χ3n) is 13.0. The minimum absolute atomic E-state index is 0.413. The van der Waals surface area contributed by atoms with E-state index in [1.54, 1.807) is 22.3 Å². The molecule has 0 heterocycles. The number of hydrogen-bond donors (Lipinski definition) is 0.